The number of carbonyl (C=O) groups excluding carboxylic acids is 1. The number of carbonyl (C=O) groups is 1. The molecule has 1 amide bonds. The van der Waals surface area contributed by atoms with Crippen LogP contribution in [0.25, 0.3) is 0 Å². The fourth-order valence-electron chi connectivity index (χ4n) is 4.28. The van der Waals surface area contributed by atoms with Crippen molar-refractivity contribution in [2.24, 2.45) is 11.8 Å². The topological polar surface area (TPSA) is 72.3 Å². The third kappa shape index (κ3) is 6.60. The van der Waals surface area contributed by atoms with Gasteiger partial charge in [0.2, 0.25) is 20.9 Å². The molecule has 6 nitrogen and oxygen atoms in total. The molecule has 1 saturated carbocycles. The SMILES string of the molecule is Cc1ccccc1CS(=O)(=O)c1ncc(CN(CC2CC2)C(=O)CC(C)C)n1Cc1ccccc1. The average Bonchev–Trinajstić information content (AvgIpc) is 3.54. The van der Waals surface area contributed by atoms with E-state index >= 15 is 0 Å². The Labute approximate surface area is 208 Å². The minimum atomic E-state index is -3.70. The summed E-state index contributed by atoms with van der Waals surface area (Å²) in [6.07, 6.45) is 4.41. The highest BCUT2D eigenvalue weighted by atomic mass is 32.2. The lowest BCUT2D eigenvalue weighted by atomic mass is 10.1. The molecular weight excluding hydrogens is 458 g/mol. The maximum absolute atomic E-state index is 13.6. The van der Waals surface area contributed by atoms with Crippen LogP contribution in [-0.2, 0) is 33.5 Å². The van der Waals surface area contributed by atoms with Crippen molar-refractivity contribution < 1.29 is 13.2 Å². The van der Waals surface area contributed by atoms with Crippen LogP contribution in [-0.4, -0.2) is 35.3 Å². The van der Waals surface area contributed by atoms with Gasteiger partial charge in [0, 0.05) is 13.0 Å². The lowest BCUT2D eigenvalue weighted by Crippen LogP contribution is -2.34. The van der Waals surface area contributed by atoms with Crippen molar-refractivity contribution in [2.45, 2.75) is 64.0 Å². The fraction of sp³-hybridized carbons (Fsp3) is 0.429. The Kier molecular flexibility index (Phi) is 7.75. The van der Waals surface area contributed by atoms with Gasteiger partial charge in [-0.3, -0.25) is 4.79 Å². The molecule has 0 atom stereocenters. The lowest BCUT2D eigenvalue weighted by molar-refractivity contribution is -0.133. The lowest BCUT2D eigenvalue weighted by Gasteiger charge is -2.24. The molecule has 1 aromatic heterocycles. The van der Waals surface area contributed by atoms with Gasteiger partial charge in [-0.2, -0.15) is 0 Å². The van der Waals surface area contributed by atoms with Crippen LogP contribution in [0.15, 0.2) is 66.0 Å². The van der Waals surface area contributed by atoms with E-state index in [2.05, 4.69) is 4.98 Å². The van der Waals surface area contributed by atoms with Gasteiger partial charge in [-0.1, -0.05) is 68.4 Å². The zero-order valence-electron chi connectivity index (χ0n) is 20.9. The summed E-state index contributed by atoms with van der Waals surface area (Å²) in [5.41, 5.74) is 3.44. The first kappa shape index (κ1) is 25.2. The number of aromatic nitrogens is 2. The molecule has 0 saturated heterocycles. The predicted octanol–water partition coefficient (Wildman–Crippen LogP) is 5.00. The summed E-state index contributed by atoms with van der Waals surface area (Å²) in [4.78, 5) is 19.4. The second-order valence-electron chi connectivity index (χ2n) is 10.1. The van der Waals surface area contributed by atoms with Gasteiger partial charge in [0.05, 0.1) is 30.7 Å². The third-order valence-corrected chi connectivity index (χ3v) is 8.01. The first-order valence-electron chi connectivity index (χ1n) is 12.4. The molecule has 0 unspecified atom stereocenters. The van der Waals surface area contributed by atoms with Crippen molar-refractivity contribution in [1.29, 1.82) is 0 Å². The number of rotatable bonds is 11. The number of benzene rings is 2. The van der Waals surface area contributed by atoms with Gasteiger partial charge >= 0.3 is 0 Å². The molecule has 4 rings (SSSR count). The highest BCUT2D eigenvalue weighted by molar-refractivity contribution is 7.90. The Balaban J connectivity index is 1.69. The molecule has 0 N–H and O–H groups in total. The number of amides is 1. The molecule has 7 heteroatoms. The van der Waals surface area contributed by atoms with Gasteiger partial charge in [0.1, 0.15) is 0 Å². The molecule has 1 fully saturated rings. The molecule has 186 valence electrons. The van der Waals surface area contributed by atoms with E-state index in [1.165, 1.54) is 0 Å². The summed E-state index contributed by atoms with van der Waals surface area (Å²) in [7, 11) is -3.70. The van der Waals surface area contributed by atoms with Gasteiger partial charge in [0.15, 0.2) is 0 Å². The minimum absolute atomic E-state index is 0.0577. The van der Waals surface area contributed by atoms with Crippen LogP contribution in [0.4, 0.5) is 0 Å². The van der Waals surface area contributed by atoms with E-state index in [0.717, 1.165) is 35.2 Å². The average molecular weight is 494 g/mol. The van der Waals surface area contributed by atoms with Crippen molar-refractivity contribution in [3.63, 3.8) is 0 Å². The number of aryl methyl sites for hydroxylation is 1. The molecule has 1 aliphatic carbocycles. The van der Waals surface area contributed by atoms with Crippen LogP contribution in [0.1, 0.15) is 55.5 Å². The van der Waals surface area contributed by atoms with Crippen LogP contribution in [0.2, 0.25) is 0 Å². The van der Waals surface area contributed by atoms with E-state index in [1.54, 1.807) is 10.8 Å². The molecule has 35 heavy (non-hydrogen) atoms. The van der Waals surface area contributed by atoms with Crippen LogP contribution >= 0.6 is 0 Å². The summed E-state index contributed by atoms with van der Waals surface area (Å²) in [6, 6.07) is 17.3. The van der Waals surface area contributed by atoms with Crippen molar-refractivity contribution in [2.75, 3.05) is 6.54 Å². The maximum Gasteiger partial charge on any atom is 0.228 e. The smallest absolute Gasteiger partial charge is 0.228 e. The summed E-state index contributed by atoms with van der Waals surface area (Å²) in [5, 5.41) is 0.0577. The largest absolute Gasteiger partial charge is 0.337 e. The van der Waals surface area contributed by atoms with Gasteiger partial charge in [-0.05, 0) is 48.3 Å². The molecule has 0 bridgehead atoms. The Morgan fingerprint density at radius 2 is 1.77 bits per heavy atom. The van der Waals surface area contributed by atoms with E-state index in [0.29, 0.717) is 32.0 Å². The number of hydrogen-bond acceptors (Lipinski definition) is 4. The highest BCUT2D eigenvalue weighted by Gasteiger charge is 2.30. The van der Waals surface area contributed by atoms with Gasteiger partial charge < -0.3 is 9.47 Å². The summed E-state index contributed by atoms with van der Waals surface area (Å²) < 4.78 is 28.9. The Morgan fingerprint density at radius 3 is 2.43 bits per heavy atom. The van der Waals surface area contributed by atoms with Gasteiger partial charge in [0.25, 0.3) is 0 Å². The summed E-state index contributed by atoms with van der Waals surface area (Å²) >= 11 is 0. The van der Waals surface area contributed by atoms with E-state index in [-0.39, 0.29) is 22.7 Å². The van der Waals surface area contributed by atoms with Crippen molar-refractivity contribution in [3.05, 3.63) is 83.2 Å². The molecule has 1 heterocycles. The predicted molar refractivity (Wildman–Crippen MR) is 137 cm³/mol. The maximum atomic E-state index is 13.6. The van der Waals surface area contributed by atoms with E-state index in [9.17, 15) is 13.2 Å². The van der Waals surface area contributed by atoms with Crippen LogP contribution in [0.5, 0.6) is 0 Å². The molecule has 0 spiro atoms. The van der Waals surface area contributed by atoms with Gasteiger partial charge in [-0.15, -0.1) is 0 Å². The molecule has 2 aromatic carbocycles. The van der Waals surface area contributed by atoms with Gasteiger partial charge in [-0.25, -0.2) is 13.4 Å². The van der Waals surface area contributed by atoms with Crippen LogP contribution < -0.4 is 0 Å². The first-order valence-corrected chi connectivity index (χ1v) is 14.0. The highest BCUT2D eigenvalue weighted by Crippen LogP contribution is 2.31. The van der Waals surface area contributed by atoms with E-state index in [1.807, 2.05) is 80.3 Å². The normalized spacial score (nSPS) is 13.8. The number of sulfone groups is 1. The Morgan fingerprint density at radius 1 is 1.09 bits per heavy atom. The van der Waals surface area contributed by atoms with Crippen LogP contribution in [0, 0.1) is 18.8 Å². The second-order valence-corrected chi connectivity index (χ2v) is 12.0. The van der Waals surface area contributed by atoms with Crippen molar-refractivity contribution in [1.82, 2.24) is 14.5 Å². The summed E-state index contributed by atoms with van der Waals surface area (Å²) in [6.45, 7) is 7.47. The number of imidazole rings is 1. The van der Waals surface area contributed by atoms with Crippen molar-refractivity contribution >= 4 is 15.7 Å². The second kappa shape index (κ2) is 10.8. The number of hydrogen-bond donors (Lipinski definition) is 0. The molecule has 0 aliphatic heterocycles. The quantitative estimate of drug-likeness (QED) is 0.377. The number of nitrogens with zero attached hydrogens (tertiary/aromatic N) is 3. The molecule has 1 aliphatic rings. The zero-order chi connectivity index (χ0) is 25.0. The van der Waals surface area contributed by atoms with E-state index in [4.69, 9.17) is 0 Å². The minimum Gasteiger partial charge on any atom is -0.337 e. The first-order chi connectivity index (χ1) is 16.7. The fourth-order valence-corrected chi connectivity index (χ4v) is 5.88. The molecule has 3 aromatic rings. The standard InChI is InChI=1S/C28H35N3O3S/c1-21(2)15-27(32)30(17-24-13-14-24)19-26-16-29-28(31(26)18-23-10-5-4-6-11-23)35(33,34)20-25-12-8-7-9-22(25)3/h4-12,16,21,24H,13-15,17-20H2,1-3H3. The molecular formula is C28H35N3O3S. The molecule has 0 radical (unpaired) electrons. The van der Waals surface area contributed by atoms with Crippen LogP contribution in [0.3, 0.4) is 0 Å². The van der Waals surface area contributed by atoms with E-state index < -0.39 is 9.84 Å². The van der Waals surface area contributed by atoms with Crippen molar-refractivity contribution in [3.8, 4) is 0 Å². The Hall–Kier alpha value is -2.93. The Bertz CT molecular complexity index is 1260. The third-order valence-electron chi connectivity index (χ3n) is 6.43. The monoisotopic (exact) mass is 493 g/mol. The zero-order valence-corrected chi connectivity index (χ0v) is 21.7. The summed E-state index contributed by atoms with van der Waals surface area (Å²) in [5.74, 6) is 0.816.